The number of nitrogens with zero attached hydrogens (tertiary/aromatic N) is 3. The molecule has 178 valence electrons. The minimum Gasteiger partial charge on any atom is -0.379 e. The van der Waals surface area contributed by atoms with Gasteiger partial charge < -0.3 is 14.8 Å². The second-order valence-electron chi connectivity index (χ2n) is 8.31. The van der Waals surface area contributed by atoms with E-state index in [0.717, 1.165) is 12.8 Å². The number of carbonyl (C=O) groups is 1. The Labute approximate surface area is 198 Å². The molecule has 2 fully saturated rings. The number of morpholine rings is 1. The van der Waals surface area contributed by atoms with E-state index in [1.165, 1.54) is 16.4 Å². The minimum atomic E-state index is -3.72. The number of hydrogen-bond donors (Lipinski definition) is 1. The molecule has 9 nitrogen and oxygen atoms in total. The fraction of sp³-hybridized carbons (Fsp3) is 0.375. The van der Waals surface area contributed by atoms with Gasteiger partial charge in [0.2, 0.25) is 10.0 Å². The van der Waals surface area contributed by atoms with Gasteiger partial charge in [0.05, 0.1) is 46.7 Å². The monoisotopic (exact) mass is 482 g/mol. The van der Waals surface area contributed by atoms with Gasteiger partial charge in [-0.1, -0.05) is 6.07 Å². The first kappa shape index (κ1) is 22.9. The second kappa shape index (κ2) is 9.75. The maximum atomic E-state index is 13.3. The molecular weight excluding hydrogens is 456 g/mol. The summed E-state index contributed by atoms with van der Waals surface area (Å²) in [5.74, 6) is -0.305. The summed E-state index contributed by atoms with van der Waals surface area (Å²) in [6, 6.07) is 11.9. The molecule has 34 heavy (non-hydrogen) atoms. The SMILES string of the molecule is O=C(NC[C@H]1CCCO1)c1cc(-c2ccccn2)nc2ccc(S(=O)(=O)N3CCOCC3)cc12. The van der Waals surface area contributed by atoms with Crippen molar-refractivity contribution in [1.29, 1.82) is 0 Å². The lowest BCUT2D eigenvalue weighted by atomic mass is 10.1. The van der Waals surface area contributed by atoms with Crippen LogP contribution in [-0.4, -0.2) is 74.2 Å². The predicted molar refractivity (Wildman–Crippen MR) is 126 cm³/mol. The van der Waals surface area contributed by atoms with E-state index in [2.05, 4.69) is 15.3 Å². The zero-order chi connectivity index (χ0) is 23.5. The topological polar surface area (TPSA) is 111 Å². The van der Waals surface area contributed by atoms with Crippen LogP contribution in [0, 0.1) is 0 Å². The molecule has 0 unspecified atom stereocenters. The van der Waals surface area contributed by atoms with Crippen LogP contribution in [0.4, 0.5) is 0 Å². The molecule has 3 aromatic rings. The van der Waals surface area contributed by atoms with E-state index in [1.807, 2.05) is 18.2 Å². The fourth-order valence-corrected chi connectivity index (χ4v) is 5.68. The van der Waals surface area contributed by atoms with Crippen molar-refractivity contribution >= 4 is 26.8 Å². The highest BCUT2D eigenvalue weighted by Crippen LogP contribution is 2.28. The zero-order valence-electron chi connectivity index (χ0n) is 18.6. The maximum Gasteiger partial charge on any atom is 0.252 e. The van der Waals surface area contributed by atoms with Gasteiger partial charge in [-0.15, -0.1) is 0 Å². The molecule has 0 spiro atoms. The number of fused-ring (bicyclic) bond motifs is 1. The van der Waals surface area contributed by atoms with Gasteiger partial charge in [-0.25, -0.2) is 13.4 Å². The molecule has 2 aliphatic heterocycles. The molecule has 0 saturated carbocycles. The summed E-state index contributed by atoms with van der Waals surface area (Å²) < 4.78 is 38.8. The highest BCUT2D eigenvalue weighted by Gasteiger charge is 2.27. The predicted octanol–water partition coefficient (Wildman–Crippen LogP) is 2.23. The highest BCUT2D eigenvalue weighted by molar-refractivity contribution is 7.89. The van der Waals surface area contributed by atoms with Crippen molar-refractivity contribution in [3.63, 3.8) is 0 Å². The van der Waals surface area contributed by atoms with E-state index in [0.29, 0.717) is 67.3 Å². The van der Waals surface area contributed by atoms with Crippen LogP contribution >= 0.6 is 0 Å². The van der Waals surface area contributed by atoms with Gasteiger partial charge in [0.15, 0.2) is 0 Å². The Kier molecular flexibility index (Phi) is 6.55. The maximum absolute atomic E-state index is 13.3. The van der Waals surface area contributed by atoms with Gasteiger partial charge in [-0.05, 0) is 49.2 Å². The molecule has 2 aromatic heterocycles. The Morgan fingerprint density at radius 3 is 2.68 bits per heavy atom. The molecule has 0 bridgehead atoms. The summed E-state index contributed by atoms with van der Waals surface area (Å²) in [5, 5.41) is 3.42. The van der Waals surface area contributed by atoms with Crippen LogP contribution in [0.2, 0.25) is 0 Å². The first-order valence-corrected chi connectivity index (χ1v) is 12.8. The van der Waals surface area contributed by atoms with Gasteiger partial charge >= 0.3 is 0 Å². The van der Waals surface area contributed by atoms with Crippen molar-refractivity contribution < 1.29 is 22.7 Å². The molecule has 2 aliphatic rings. The van der Waals surface area contributed by atoms with Gasteiger partial charge in [0, 0.05) is 37.8 Å². The van der Waals surface area contributed by atoms with Crippen LogP contribution in [0.25, 0.3) is 22.3 Å². The molecule has 1 N–H and O–H groups in total. The third-order valence-electron chi connectivity index (χ3n) is 6.07. The molecule has 1 atom stereocenters. The normalized spacial score (nSPS) is 19.4. The van der Waals surface area contributed by atoms with Gasteiger partial charge in [-0.2, -0.15) is 4.31 Å². The first-order valence-electron chi connectivity index (χ1n) is 11.4. The van der Waals surface area contributed by atoms with Gasteiger partial charge in [0.25, 0.3) is 5.91 Å². The van der Waals surface area contributed by atoms with Crippen LogP contribution in [0.5, 0.6) is 0 Å². The molecule has 1 amide bonds. The van der Waals surface area contributed by atoms with Gasteiger partial charge in [-0.3, -0.25) is 9.78 Å². The Bertz CT molecular complexity index is 1290. The number of amides is 1. The lowest BCUT2D eigenvalue weighted by Gasteiger charge is -2.26. The number of benzene rings is 1. The molecule has 1 aromatic carbocycles. The zero-order valence-corrected chi connectivity index (χ0v) is 19.5. The van der Waals surface area contributed by atoms with Crippen molar-refractivity contribution in [2.75, 3.05) is 39.5 Å². The first-order chi connectivity index (χ1) is 16.5. The Morgan fingerprint density at radius 1 is 1.09 bits per heavy atom. The number of nitrogens with one attached hydrogen (secondary N) is 1. The van der Waals surface area contributed by atoms with Crippen LogP contribution < -0.4 is 5.32 Å². The van der Waals surface area contributed by atoms with Crippen molar-refractivity contribution in [2.45, 2.75) is 23.8 Å². The van der Waals surface area contributed by atoms with E-state index in [-0.39, 0.29) is 16.9 Å². The molecule has 2 saturated heterocycles. The number of rotatable bonds is 6. The summed E-state index contributed by atoms with van der Waals surface area (Å²) in [5.41, 5.74) is 2.04. The third kappa shape index (κ3) is 4.67. The third-order valence-corrected chi connectivity index (χ3v) is 7.97. The molecule has 4 heterocycles. The number of hydrogen-bond acceptors (Lipinski definition) is 7. The van der Waals surface area contributed by atoms with E-state index in [9.17, 15) is 13.2 Å². The van der Waals surface area contributed by atoms with E-state index < -0.39 is 10.0 Å². The number of ether oxygens (including phenoxy) is 2. The second-order valence-corrected chi connectivity index (χ2v) is 10.2. The molecular formula is C24H26N4O5S. The smallest absolute Gasteiger partial charge is 0.252 e. The average molecular weight is 483 g/mol. The summed E-state index contributed by atoms with van der Waals surface area (Å²) >= 11 is 0. The van der Waals surface area contributed by atoms with Crippen LogP contribution in [0.15, 0.2) is 53.6 Å². The summed E-state index contributed by atoms with van der Waals surface area (Å²) in [6.45, 7) is 2.41. The molecule has 10 heteroatoms. The fourth-order valence-electron chi connectivity index (χ4n) is 4.24. The average Bonchev–Trinajstić information content (AvgIpc) is 3.41. The summed E-state index contributed by atoms with van der Waals surface area (Å²) in [7, 11) is -3.72. The van der Waals surface area contributed by atoms with Gasteiger partial charge in [0.1, 0.15) is 0 Å². The summed E-state index contributed by atoms with van der Waals surface area (Å²) in [6.07, 6.45) is 3.53. The van der Waals surface area contributed by atoms with Crippen molar-refractivity contribution in [3.05, 3.63) is 54.2 Å². The lowest BCUT2D eigenvalue weighted by Crippen LogP contribution is -2.40. The van der Waals surface area contributed by atoms with E-state index >= 15 is 0 Å². The van der Waals surface area contributed by atoms with Crippen molar-refractivity contribution in [3.8, 4) is 11.4 Å². The minimum absolute atomic E-state index is 0.00966. The van der Waals surface area contributed by atoms with E-state index in [1.54, 1.807) is 18.3 Å². The molecule has 0 aliphatic carbocycles. The number of sulfonamides is 1. The quantitative estimate of drug-likeness (QED) is 0.574. The largest absolute Gasteiger partial charge is 0.379 e. The Morgan fingerprint density at radius 2 is 1.94 bits per heavy atom. The number of pyridine rings is 2. The number of carbonyl (C=O) groups excluding carboxylic acids is 1. The van der Waals surface area contributed by atoms with Crippen LogP contribution in [0.3, 0.4) is 0 Å². The molecule has 0 radical (unpaired) electrons. The lowest BCUT2D eigenvalue weighted by molar-refractivity contribution is 0.0730. The van der Waals surface area contributed by atoms with E-state index in [4.69, 9.17) is 9.47 Å². The number of aromatic nitrogens is 2. The molecule has 5 rings (SSSR count). The summed E-state index contributed by atoms with van der Waals surface area (Å²) in [4.78, 5) is 22.4. The van der Waals surface area contributed by atoms with Crippen LogP contribution in [-0.2, 0) is 19.5 Å². The van der Waals surface area contributed by atoms with Crippen molar-refractivity contribution in [1.82, 2.24) is 19.6 Å². The Hall–Kier alpha value is -2.92. The standard InChI is InChI=1S/C24H26N4O5S/c29-24(26-16-17-4-3-11-33-17)20-15-23(22-5-1-2-8-25-22)27-21-7-6-18(14-19(20)21)34(30,31)28-9-12-32-13-10-28/h1-2,5-8,14-15,17H,3-4,9-13,16H2,(H,26,29)/t17-/m1/s1. The van der Waals surface area contributed by atoms with Crippen molar-refractivity contribution in [2.24, 2.45) is 0 Å². The Balaban J connectivity index is 1.56. The van der Waals surface area contributed by atoms with Crippen LogP contribution in [0.1, 0.15) is 23.2 Å². The highest BCUT2D eigenvalue weighted by atomic mass is 32.2.